The Hall–Kier alpha value is -3.92. The molecule has 0 fully saturated rings. The number of carbonyl (C=O) groups excluding carboxylic acids is 2. The number of nitrogens with zero attached hydrogens (tertiary/aromatic N) is 1. The molecule has 33 heavy (non-hydrogen) atoms. The number of hydrogen-bond acceptors (Lipinski definition) is 2. The number of carbonyl (C=O) groups is 2. The molecule has 4 aromatic carbocycles. The van der Waals surface area contributed by atoms with Gasteiger partial charge in [-0.25, -0.2) is 0 Å². The van der Waals surface area contributed by atoms with Gasteiger partial charge in [0.15, 0.2) is 0 Å². The van der Waals surface area contributed by atoms with Crippen molar-refractivity contribution >= 4 is 34.0 Å². The van der Waals surface area contributed by atoms with Crippen molar-refractivity contribution in [2.75, 3.05) is 16.8 Å². The lowest BCUT2D eigenvalue weighted by Crippen LogP contribution is -2.30. The van der Waals surface area contributed by atoms with Crippen molar-refractivity contribution in [1.29, 1.82) is 0 Å². The lowest BCUT2D eigenvalue weighted by Gasteiger charge is -2.23. The zero-order valence-electron chi connectivity index (χ0n) is 19.2. The Morgan fingerprint density at radius 3 is 2.09 bits per heavy atom. The molecule has 166 valence electrons. The monoisotopic (exact) mass is 436 g/mol. The molecule has 0 unspecified atom stereocenters. The van der Waals surface area contributed by atoms with Gasteiger partial charge >= 0.3 is 0 Å². The summed E-state index contributed by atoms with van der Waals surface area (Å²) in [6.07, 6.45) is 0. The van der Waals surface area contributed by atoms with Crippen molar-refractivity contribution in [1.82, 2.24) is 0 Å². The Labute approximate surface area is 194 Å². The fourth-order valence-corrected chi connectivity index (χ4v) is 3.94. The molecule has 0 aliphatic heterocycles. The summed E-state index contributed by atoms with van der Waals surface area (Å²) in [6, 6.07) is 28.7. The molecule has 2 amide bonds. The van der Waals surface area contributed by atoms with E-state index < -0.39 is 0 Å². The Balaban J connectivity index is 1.51. The van der Waals surface area contributed by atoms with Gasteiger partial charge in [0.1, 0.15) is 0 Å². The summed E-state index contributed by atoms with van der Waals surface area (Å²) < 4.78 is 0. The molecule has 4 rings (SSSR count). The van der Waals surface area contributed by atoms with E-state index in [0.29, 0.717) is 29.3 Å². The van der Waals surface area contributed by atoms with E-state index in [1.807, 2.05) is 73.7 Å². The summed E-state index contributed by atoms with van der Waals surface area (Å²) >= 11 is 0. The number of hydrogen-bond donors (Lipinski definition) is 1. The summed E-state index contributed by atoms with van der Waals surface area (Å²) in [5.41, 5.74) is 3.92. The molecule has 4 aromatic rings. The zero-order chi connectivity index (χ0) is 23.4. The van der Waals surface area contributed by atoms with Crippen LogP contribution in [0.15, 0.2) is 91.0 Å². The van der Waals surface area contributed by atoms with E-state index in [4.69, 9.17) is 0 Å². The largest absolute Gasteiger partial charge is 0.322 e. The molecule has 0 saturated heterocycles. The van der Waals surface area contributed by atoms with Gasteiger partial charge in [0.05, 0.1) is 5.69 Å². The summed E-state index contributed by atoms with van der Waals surface area (Å²) in [7, 11) is 0. The predicted octanol–water partition coefficient (Wildman–Crippen LogP) is 6.88. The minimum Gasteiger partial charge on any atom is -0.322 e. The molecule has 4 nitrogen and oxygen atoms in total. The maximum absolute atomic E-state index is 13.3. The highest BCUT2D eigenvalue weighted by Gasteiger charge is 2.18. The van der Waals surface area contributed by atoms with Crippen LogP contribution in [-0.2, 0) is 0 Å². The minimum atomic E-state index is -0.171. The molecule has 0 aliphatic carbocycles. The zero-order valence-corrected chi connectivity index (χ0v) is 19.2. The van der Waals surface area contributed by atoms with E-state index in [9.17, 15) is 9.59 Å². The first-order chi connectivity index (χ1) is 16.0. The quantitative estimate of drug-likeness (QED) is 0.358. The Kier molecular flexibility index (Phi) is 6.55. The van der Waals surface area contributed by atoms with Gasteiger partial charge in [-0.3, -0.25) is 9.59 Å². The lowest BCUT2D eigenvalue weighted by atomic mass is 10.0. The number of fused-ring (bicyclic) bond motifs is 1. The van der Waals surface area contributed by atoms with Crippen LogP contribution in [0.2, 0.25) is 0 Å². The Morgan fingerprint density at radius 1 is 0.788 bits per heavy atom. The van der Waals surface area contributed by atoms with Gasteiger partial charge < -0.3 is 10.2 Å². The summed E-state index contributed by atoms with van der Waals surface area (Å²) in [6.45, 7) is 6.77. The van der Waals surface area contributed by atoms with Gasteiger partial charge in [0, 0.05) is 28.7 Å². The van der Waals surface area contributed by atoms with E-state index in [2.05, 4.69) is 19.2 Å². The van der Waals surface area contributed by atoms with Crippen molar-refractivity contribution in [3.8, 4) is 0 Å². The van der Waals surface area contributed by atoms with Crippen molar-refractivity contribution in [2.45, 2.75) is 26.7 Å². The minimum absolute atomic E-state index is 0.0731. The first kappa shape index (κ1) is 22.3. The fraction of sp³-hybridized carbons (Fsp3) is 0.172. The third-order valence-corrected chi connectivity index (χ3v) is 5.85. The maximum atomic E-state index is 13.3. The van der Waals surface area contributed by atoms with Gasteiger partial charge in [-0.05, 0) is 66.3 Å². The molecule has 0 radical (unpaired) electrons. The number of anilines is 2. The molecule has 0 bridgehead atoms. The average Bonchev–Trinajstić information content (AvgIpc) is 2.85. The third-order valence-electron chi connectivity index (χ3n) is 5.85. The van der Waals surface area contributed by atoms with Gasteiger partial charge in [0.2, 0.25) is 0 Å². The first-order valence-corrected chi connectivity index (χ1v) is 11.3. The van der Waals surface area contributed by atoms with Crippen LogP contribution in [0.1, 0.15) is 53.0 Å². The standard InChI is InChI=1S/C29H28N2O2/c1-4-31(27-11-7-9-22-8-5-6-10-26(22)27)29(33)24-16-18-25(19-17-24)30-28(32)23-14-12-21(13-15-23)20(2)3/h5-20H,4H2,1-3H3,(H,30,32). The number of amides is 2. The van der Waals surface area contributed by atoms with E-state index in [1.54, 1.807) is 29.2 Å². The van der Waals surface area contributed by atoms with Gasteiger partial charge in [-0.15, -0.1) is 0 Å². The van der Waals surface area contributed by atoms with Crippen LogP contribution >= 0.6 is 0 Å². The molecule has 0 spiro atoms. The molecular weight excluding hydrogens is 408 g/mol. The van der Waals surface area contributed by atoms with Crippen LogP contribution in [0.5, 0.6) is 0 Å². The summed E-state index contributed by atoms with van der Waals surface area (Å²) in [4.78, 5) is 27.7. The molecule has 4 heteroatoms. The van der Waals surface area contributed by atoms with E-state index in [1.165, 1.54) is 5.56 Å². The highest BCUT2D eigenvalue weighted by molar-refractivity contribution is 6.11. The smallest absolute Gasteiger partial charge is 0.258 e. The van der Waals surface area contributed by atoms with Crippen molar-refractivity contribution < 1.29 is 9.59 Å². The molecule has 0 aromatic heterocycles. The van der Waals surface area contributed by atoms with Crippen LogP contribution in [0.25, 0.3) is 10.8 Å². The molecule has 0 aliphatic rings. The lowest BCUT2D eigenvalue weighted by molar-refractivity contribution is 0.0987. The molecule has 0 atom stereocenters. The number of nitrogens with one attached hydrogen (secondary N) is 1. The van der Waals surface area contributed by atoms with E-state index >= 15 is 0 Å². The van der Waals surface area contributed by atoms with Crippen LogP contribution in [0.3, 0.4) is 0 Å². The average molecular weight is 437 g/mol. The van der Waals surface area contributed by atoms with Crippen molar-refractivity contribution in [2.24, 2.45) is 0 Å². The van der Waals surface area contributed by atoms with Crippen molar-refractivity contribution in [3.05, 3.63) is 108 Å². The van der Waals surface area contributed by atoms with E-state index in [-0.39, 0.29) is 11.8 Å². The van der Waals surface area contributed by atoms with Crippen LogP contribution in [-0.4, -0.2) is 18.4 Å². The summed E-state index contributed by atoms with van der Waals surface area (Å²) in [5, 5.41) is 5.05. The van der Waals surface area contributed by atoms with E-state index in [0.717, 1.165) is 16.5 Å². The second kappa shape index (κ2) is 9.70. The fourth-order valence-electron chi connectivity index (χ4n) is 3.94. The highest BCUT2D eigenvalue weighted by atomic mass is 16.2. The molecule has 0 saturated carbocycles. The van der Waals surface area contributed by atoms with Gasteiger partial charge in [-0.1, -0.05) is 62.4 Å². The molecule has 0 heterocycles. The van der Waals surface area contributed by atoms with Crippen LogP contribution in [0.4, 0.5) is 11.4 Å². The second-order valence-electron chi connectivity index (χ2n) is 8.36. The maximum Gasteiger partial charge on any atom is 0.258 e. The Morgan fingerprint density at radius 2 is 1.42 bits per heavy atom. The Bertz CT molecular complexity index is 1270. The molecular formula is C29H28N2O2. The third kappa shape index (κ3) is 4.80. The first-order valence-electron chi connectivity index (χ1n) is 11.3. The van der Waals surface area contributed by atoms with Crippen molar-refractivity contribution in [3.63, 3.8) is 0 Å². The number of rotatable bonds is 6. The normalized spacial score (nSPS) is 10.9. The number of benzene rings is 4. The SMILES string of the molecule is CCN(C(=O)c1ccc(NC(=O)c2ccc(C(C)C)cc2)cc1)c1cccc2ccccc12. The van der Waals surface area contributed by atoms with Gasteiger partial charge in [0.25, 0.3) is 11.8 Å². The second-order valence-corrected chi connectivity index (χ2v) is 8.36. The summed E-state index contributed by atoms with van der Waals surface area (Å²) in [5.74, 6) is 0.176. The predicted molar refractivity (Wildman–Crippen MR) is 136 cm³/mol. The topological polar surface area (TPSA) is 49.4 Å². The molecule has 1 N–H and O–H groups in total. The van der Waals surface area contributed by atoms with Gasteiger partial charge in [-0.2, -0.15) is 0 Å². The highest BCUT2D eigenvalue weighted by Crippen LogP contribution is 2.28. The van der Waals surface area contributed by atoms with Crippen LogP contribution in [0, 0.1) is 0 Å². The van der Waals surface area contributed by atoms with Crippen LogP contribution < -0.4 is 10.2 Å².